The Kier molecular flexibility index (Phi) is 4.03. The zero-order valence-corrected chi connectivity index (χ0v) is 22.8. The summed E-state index contributed by atoms with van der Waals surface area (Å²) in [6, 6.07) is 5.05. The van der Waals surface area contributed by atoms with Crippen LogP contribution in [0.1, 0.15) is 0 Å². The Balaban J connectivity index is 1.97. The molecular formula is C16H20S4Sn2. The summed E-state index contributed by atoms with van der Waals surface area (Å²) >= 11 is 4.45. The van der Waals surface area contributed by atoms with Crippen LogP contribution in [0.5, 0.6) is 0 Å². The summed E-state index contributed by atoms with van der Waals surface area (Å²) in [5.74, 6) is 0. The number of thiophene rings is 4. The second kappa shape index (κ2) is 5.34. The normalized spacial score (nSPS) is 13.9. The van der Waals surface area contributed by atoms with E-state index in [1.54, 1.807) is 34.0 Å². The third-order valence-electron chi connectivity index (χ3n) is 3.92. The second-order valence-corrected chi connectivity index (χ2v) is 43.0. The summed E-state index contributed by atoms with van der Waals surface area (Å²) in [6.07, 6.45) is 0. The fourth-order valence-corrected chi connectivity index (χ4v) is 19.2. The topological polar surface area (TPSA) is 0 Å². The third-order valence-corrected chi connectivity index (χ3v) is 28.0. The van der Waals surface area contributed by atoms with Gasteiger partial charge in [0.2, 0.25) is 0 Å². The average molecular weight is 578 g/mol. The Morgan fingerprint density at radius 2 is 0.909 bits per heavy atom. The summed E-state index contributed by atoms with van der Waals surface area (Å²) < 4.78 is 12.8. The van der Waals surface area contributed by atoms with Gasteiger partial charge in [-0.05, 0) is 0 Å². The van der Waals surface area contributed by atoms with Crippen molar-refractivity contribution in [3.8, 4) is 0 Å². The van der Waals surface area contributed by atoms with Gasteiger partial charge in [-0.1, -0.05) is 0 Å². The Morgan fingerprint density at radius 3 is 1.23 bits per heavy atom. The minimum atomic E-state index is -1.92. The first-order chi connectivity index (χ1) is 10.1. The van der Waals surface area contributed by atoms with Crippen molar-refractivity contribution < 1.29 is 0 Å². The molecule has 0 aliphatic heterocycles. The first-order valence-electron chi connectivity index (χ1n) is 7.54. The molecule has 4 aromatic rings. The van der Waals surface area contributed by atoms with Crippen LogP contribution in [0.3, 0.4) is 0 Å². The van der Waals surface area contributed by atoms with Gasteiger partial charge in [-0.2, -0.15) is 0 Å². The van der Waals surface area contributed by atoms with Crippen molar-refractivity contribution in [1.29, 1.82) is 0 Å². The molecule has 0 aliphatic carbocycles. The summed E-state index contributed by atoms with van der Waals surface area (Å²) in [6.45, 7) is 0. The van der Waals surface area contributed by atoms with Crippen molar-refractivity contribution in [2.75, 3.05) is 0 Å². The molecule has 0 saturated heterocycles. The van der Waals surface area contributed by atoms with Crippen LogP contribution in [-0.2, 0) is 0 Å². The van der Waals surface area contributed by atoms with Gasteiger partial charge in [0.25, 0.3) is 0 Å². The monoisotopic (exact) mass is 580 g/mol. The van der Waals surface area contributed by atoms with E-state index in [0.29, 0.717) is 0 Å². The SMILES string of the molecule is [CH3][Sn]([CH3])([CH3])[c]1cc2sc3c4s[c]([Sn]([CH3])([CH3])[CH3])cc4sc3c2s1. The average Bonchev–Trinajstić information content (AvgIpc) is 3.02. The molecule has 0 N–H and O–H groups in total. The van der Waals surface area contributed by atoms with Crippen molar-refractivity contribution in [3.63, 3.8) is 0 Å². The number of rotatable bonds is 2. The van der Waals surface area contributed by atoms with Crippen molar-refractivity contribution >= 4 is 116 Å². The van der Waals surface area contributed by atoms with E-state index in [0.717, 1.165) is 0 Å². The molecule has 0 aromatic carbocycles. The quantitative estimate of drug-likeness (QED) is 0.239. The van der Waals surface area contributed by atoms with E-state index in [1.165, 1.54) is 0 Å². The molecule has 6 heteroatoms. The Labute approximate surface area is 155 Å². The Morgan fingerprint density at radius 1 is 0.545 bits per heavy atom. The molecule has 0 radical (unpaired) electrons. The van der Waals surface area contributed by atoms with E-state index in [-0.39, 0.29) is 0 Å². The number of fused-ring (bicyclic) bond motifs is 5. The van der Waals surface area contributed by atoms with E-state index in [1.807, 2.05) is 22.7 Å². The van der Waals surface area contributed by atoms with Gasteiger partial charge in [0.1, 0.15) is 0 Å². The van der Waals surface area contributed by atoms with Crippen LogP contribution >= 0.6 is 45.3 Å². The molecule has 4 rings (SSSR count). The second-order valence-electron chi connectivity index (χ2n) is 7.97. The van der Waals surface area contributed by atoms with E-state index in [2.05, 4.69) is 64.4 Å². The van der Waals surface area contributed by atoms with Gasteiger partial charge in [-0.3, -0.25) is 0 Å². The van der Waals surface area contributed by atoms with Gasteiger partial charge < -0.3 is 0 Å². The zero-order chi connectivity index (χ0) is 15.9. The van der Waals surface area contributed by atoms with Gasteiger partial charge in [0.15, 0.2) is 0 Å². The van der Waals surface area contributed by atoms with E-state index >= 15 is 0 Å². The van der Waals surface area contributed by atoms with Crippen LogP contribution in [0.15, 0.2) is 12.1 Å². The van der Waals surface area contributed by atoms with Crippen LogP contribution in [0.25, 0.3) is 28.2 Å². The fourth-order valence-electron chi connectivity index (χ4n) is 2.57. The van der Waals surface area contributed by atoms with Crippen LogP contribution < -0.4 is 5.79 Å². The van der Waals surface area contributed by atoms with Crippen LogP contribution in [0.2, 0.25) is 29.6 Å². The Hall–Kier alpha value is 1.18. The van der Waals surface area contributed by atoms with Crippen LogP contribution in [0.4, 0.5) is 0 Å². The van der Waals surface area contributed by atoms with Crippen molar-refractivity contribution in [2.24, 2.45) is 0 Å². The van der Waals surface area contributed by atoms with Crippen molar-refractivity contribution in [2.45, 2.75) is 29.6 Å². The van der Waals surface area contributed by atoms with Gasteiger partial charge in [-0.25, -0.2) is 0 Å². The van der Waals surface area contributed by atoms with Gasteiger partial charge in [0, 0.05) is 0 Å². The molecule has 0 saturated carbocycles. The zero-order valence-electron chi connectivity index (χ0n) is 13.8. The summed E-state index contributed by atoms with van der Waals surface area (Å²) in [4.78, 5) is 15.1. The van der Waals surface area contributed by atoms with E-state index in [4.69, 9.17) is 0 Å². The molecule has 4 heterocycles. The molecule has 0 amide bonds. The predicted octanol–water partition coefficient (Wildman–Crippen LogP) is 6.48. The molecule has 116 valence electrons. The van der Waals surface area contributed by atoms with Gasteiger partial charge in [0.05, 0.1) is 0 Å². The van der Waals surface area contributed by atoms with Crippen LogP contribution in [-0.4, -0.2) is 36.8 Å². The molecule has 0 atom stereocenters. The molecule has 0 aliphatic rings. The molecule has 0 unspecified atom stereocenters. The maximum absolute atomic E-state index is 2.52. The molecule has 0 fully saturated rings. The molecule has 22 heavy (non-hydrogen) atoms. The van der Waals surface area contributed by atoms with E-state index in [9.17, 15) is 0 Å². The standard InChI is InChI=1S/C10H2S4.6CH3.2Sn/c1-3-11-7-5(1)13-10-8-6(2-4-12-8)14-9(7)10;;;;;;;;/h1-2H;6*1H3;;. The minimum absolute atomic E-state index is 1.55. The molecular weight excluding hydrogens is 558 g/mol. The molecule has 0 bridgehead atoms. The predicted molar refractivity (Wildman–Crippen MR) is 116 cm³/mol. The number of hydrogen-bond acceptors (Lipinski definition) is 4. The molecule has 0 spiro atoms. The maximum atomic E-state index is 2.52. The van der Waals surface area contributed by atoms with Crippen LogP contribution in [0, 0.1) is 0 Å². The molecule has 0 nitrogen and oxygen atoms in total. The first-order valence-corrected chi connectivity index (χ1v) is 30.8. The third kappa shape index (κ3) is 2.64. The molecule has 4 aromatic heterocycles. The van der Waals surface area contributed by atoms with Gasteiger partial charge >= 0.3 is 158 Å². The Bertz CT molecular complexity index is 916. The summed E-state index contributed by atoms with van der Waals surface area (Å²) in [5, 5.41) is 0. The van der Waals surface area contributed by atoms with Gasteiger partial charge in [-0.15, -0.1) is 0 Å². The fraction of sp³-hybridized carbons (Fsp3) is 0.375. The van der Waals surface area contributed by atoms with Crippen molar-refractivity contribution in [3.05, 3.63) is 12.1 Å². The van der Waals surface area contributed by atoms with E-state index < -0.39 is 36.8 Å². The van der Waals surface area contributed by atoms with Crippen molar-refractivity contribution in [1.82, 2.24) is 0 Å². The first kappa shape index (κ1) is 16.6. The summed E-state index contributed by atoms with van der Waals surface area (Å²) in [5.41, 5.74) is 0. The number of hydrogen-bond donors (Lipinski definition) is 0. The summed E-state index contributed by atoms with van der Waals surface area (Å²) in [7, 11) is 0.